The van der Waals surface area contributed by atoms with Crippen LogP contribution >= 0.6 is 0 Å². The van der Waals surface area contributed by atoms with E-state index in [1.807, 2.05) is 24.0 Å². The third-order valence-corrected chi connectivity index (χ3v) is 4.35. The number of nitrogens with zero attached hydrogens (tertiary/aromatic N) is 2. The van der Waals surface area contributed by atoms with Crippen molar-refractivity contribution in [2.75, 3.05) is 13.2 Å². The average Bonchev–Trinajstić information content (AvgIpc) is 3.13. The van der Waals surface area contributed by atoms with Crippen molar-refractivity contribution in [3.8, 4) is 0 Å². The molecule has 0 spiro atoms. The third kappa shape index (κ3) is 3.68. The molecular formula is C18H22FN3O. The van der Waals surface area contributed by atoms with Crippen LogP contribution in [0.25, 0.3) is 6.08 Å². The molecular weight excluding hydrogens is 293 g/mol. The van der Waals surface area contributed by atoms with E-state index in [1.54, 1.807) is 12.1 Å². The molecule has 122 valence electrons. The molecule has 0 radical (unpaired) electrons. The van der Waals surface area contributed by atoms with Crippen LogP contribution in [0, 0.1) is 12.7 Å². The number of aromatic nitrogens is 2. The number of benzene rings is 1. The first-order valence-electron chi connectivity index (χ1n) is 7.91. The van der Waals surface area contributed by atoms with Gasteiger partial charge in [-0.15, -0.1) is 0 Å². The minimum absolute atomic E-state index is 0.0583. The Hall–Kier alpha value is -1.98. The molecule has 0 unspecified atom stereocenters. The summed E-state index contributed by atoms with van der Waals surface area (Å²) in [6.07, 6.45) is 6.99. The second kappa shape index (κ2) is 7.06. The van der Waals surface area contributed by atoms with Gasteiger partial charge in [0.2, 0.25) is 0 Å². The molecule has 0 saturated carbocycles. The maximum atomic E-state index is 12.9. The largest absolute Gasteiger partial charge is 0.372 e. The molecule has 1 aromatic heterocycles. The Balaban J connectivity index is 1.57. The molecule has 1 aliphatic heterocycles. The summed E-state index contributed by atoms with van der Waals surface area (Å²) in [5.74, 6) is -0.210. The molecule has 2 atom stereocenters. The van der Waals surface area contributed by atoms with E-state index < -0.39 is 0 Å². The number of ether oxygens (including phenoxy) is 1. The van der Waals surface area contributed by atoms with Crippen LogP contribution in [-0.2, 0) is 11.8 Å². The Morgan fingerprint density at radius 3 is 2.87 bits per heavy atom. The van der Waals surface area contributed by atoms with Gasteiger partial charge in [-0.3, -0.25) is 4.68 Å². The first kappa shape index (κ1) is 15.9. The van der Waals surface area contributed by atoms with E-state index in [4.69, 9.17) is 4.74 Å². The zero-order valence-electron chi connectivity index (χ0n) is 13.5. The summed E-state index contributed by atoms with van der Waals surface area (Å²) in [4.78, 5) is 0. The van der Waals surface area contributed by atoms with E-state index in [1.165, 1.54) is 12.1 Å². The quantitative estimate of drug-likeness (QED) is 0.922. The summed E-state index contributed by atoms with van der Waals surface area (Å²) >= 11 is 0. The molecule has 0 bridgehead atoms. The summed E-state index contributed by atoms with van der Waals surface area (Å²) in [5.41, 5.74) is 3.30. The molecule has 1 saturated heterocycles. The molecule has 1 fully saturated rings. The minimum atomic E-state index is -0.210. The zero-order valence-corrected chi connectivity index (χ0v) is 13.5. The second-order valence-electron chi connectivity index (χ2n) is 5.86. The van der Waals surface area contributed by atoms with E-state index in [9.17, 15) is 4.39 Å². The Bertz CT molecular complexity index is 678. The summed E-state index contributed by atoms with van der Waals surface area (Å²) in [5, 5.41) is 7.83. The lowest BCUT2D eigenvalue weighted by atomic mass is 10.0. The molecule has 4 nitrogen and oxygen atoms in total. The fraction of sp³-hybridized carbons (Fsp3) is 0.389. The van der Waals surface area contributed by atoms with Crippen molar-refractivity contribution in [3.05, 3.63) is 59.2 Å². The van der Waals surface area contributed by atoms with E-state index in [2.05, 4.69) is 23.4 Å². The standard InChI is InChI=1S/C18H22FN3O/c1-13-16(12-21-22(13)2)18-17(9-11-23-18)20-10-3-4-14-5-7-15(19)8-6-14/h3-8,12,17-18,20H,9-11H2,1-2H3/b4-3+/t17-,18+/m0/s1. The topological polar surface area (TPSA) is 39.1 Å². The highest BCUT2D eigenvalue weighted by Crippen LogP contribution is 2.30. The van der Waals surface area contributed by atoms with Gasteiger partial charge in [0.15, 0.2) is 0 Å². The van der Waals surface area contributed by atoms with Crippen molar-refractivity contribution in [2.45, 2.75) is 25.5 Å². The van der Waals surface area contributed by atoms with Crippen molar-refractivity contribution >= 4 is 6.08 Å². The van der Waals surface area contributed by atoms with E-state index in [0.29, 0.717) is 0 Å². The Kier molecular flexibility index (Phi) is 4.88. The van der Waals surface area contributed by atoms with Crippen LogP contribution in [0.1, 0.15) is 29.3 Å². The lowest BCUT2D eigenvalue weighted by Crippen LogP contribution is -2.32. The van der Waals surface area contributed by atoms with Crippen molar-refractivity contribution in [1.82, 2.24) is 15.1 Å². The van der Waals surface area contributed by atoms with Gasteiger partial charge < -0.3 is 10.1 Å². The van der Waals surface area contributed by atoms with Gasteiger partial charge in [0, 0.05) is 37.5 Å². The van der Waals surface area contributed by atoms with Crippen LogP contribution in [-0.4, -0.2) is 29.0 Å². The van der Waals surface area contributed by atoms with Crippen molar-refractivity contribution in [1.29, 1.82) is 0 Å². The maximum Gasteiger partial charge on any atom is 0.123 e. The Labute approximate surface area is 136 Å². The monoisotopic (exact) mass is 315 g/mol. The molecule has 2 heterocycles. The number of nitrogens with one attached hydrogen (secondary N) is 1. The first-order valence-corrected chi connectivity index (χ1v) is 7.91. The predicted octanol–water partition coefficient (Wildman–Crippen LogP) is 3.00. The van der Waals surface area contributed by atoms with Gasteiger partial charge in [0.1, 0.15) is 11.9 Å². The second-order valence-corrected chi connectivity index (χ2v) is 5.86. The number of hydrogen-bond acceptors (Lipinski definition) is 3. The number of aryl methyl sites for hydroxylation is 1. The normalized spacial score (nSPS) is 21.3. The number of hydrogen-bond donors (Lipinski definition) is 1. The molecule has 0 aliphatic carbocycles. The van der Waals surface area contributed by atoms with Crippen molar-refractivity contribution in [3.63, 3.8) is 0 Å². The van der Waals surface area contributed by atoms with Crippen LogP contribution in [0.5, 0.6) is 0 Å². The summed E-state index contributed by atoms with van der Waals surface area (Å²) in [6.45, 7) is 3.58. The van der Waals surface area contributed by atoms with Gasteiger partial charge in [-0.05, 0) is 31.0 Å². The summed E-state index contributed by atoms with van der Waals surface area (Å²) in [6, 6.07) is 6.77. The van der Waals surface area contributed by atoms with Crippen molar-refractivity contribution < 1.29 is 9.13 Å². The molecule has 1 aliphatic rings. The summed E-state index contributed by atoms with van der Waals surface area (Å²) < 4.78 is 20.6. The van der Waals surface area contributed by atoms with Crippen LogP contribution < -0.4 is 5.32 Å². The first-order chi connectivity index (χ1) is 11.1. The van der Waals surface area contributed by atoms with Gasteiger partial charge >= 0.3 is 0 Å². The molecule has 3 rings (SSSR count). The lowest BCUT2D eigenvalue weighted by molar-refractivity contribution is 0.0989. The molecule has 0 amide bonds. The van der Waals surface area contributed by atoms with Crippen molar-refractivity contribution in [2.24, 2.45) is 7.05 Å². The zero-order chi connectivity index (χ0) is 16.2. The smallest absolute Gasteiger partial charge is 0.123 e. The van der Waals surface area contributed by atoms with Gasteiger partial charge in [-0.2, -0.15) is 5.10 Å². The van der Waals surface area contributed by atoms with Crippen LogP contribution in [0.15, 0.2) is 36.5 Å². The Morgan fingerprint density at radius 1 is 1.39 bits per heavy atom. The average molecular weight is 315 g/mol. The highest BCUT2D eigenvalue weighted by atomic mass is 19.1. The lowest BCUT2D eigenvalue weighted by Gasteiger charge is -2.19. The van der Waals surface area contributed by atoms with E-state index >= 15 is 0 Å². The van der Waals surface area contributed by atoms with E-state index in [-0.39, 0.29) is 18.0 Å². The highest BCUT2D eigenvalue weighted by Gasteiger charge is 2.31. The van der Waals surface area contributed by atoms with E-state index in [0.717, 1.165) is 36.4 Å². The molecule has 1 N–H and O–H groups in total. The fourth-order valence-corrected chi connectivity index (χ4v) is 2.89. The highest BCUT2D eigenvalue weighted by molar-refractivity contribution is 5.48. The van der Waals surface area contributed by atoms with Gasteiger partial charge in [-0.25, -0.2) is 4.39 Å². The molecule has 23 heavy (non-hydrogen) atoms. The molecule has 5 heteroatoms. The number of halogens is 1. The maximum absolute atomic E-state index is 12.9. The predicted molar refractivity (Wildman–Crippen MR) is 88.5 cm³/mol. The van der Waals surface area contributed by atoms with Gasteiger partial charge in [-0.1, -0.05) is 24.3 Å². The van der Waals surface area contributed by atoms with Crippen LogP contribution in [0.4, 0.5) is 4.39 Å². The van der Waals surface area contributed by atoms with Crippen LogP contribution in [0.2, 0.25) is 0 Å². The third-order valence-electron chi connectivity index (χ3n) is 4.35. The van der Waals surface area contributed by atoms with Gasteiger partial charge in [0.25, 0.3) is 0 Å². The molecule has 2 aromatic rings. The Morgan fingerprint density at radius 2 is 2.17 bits per heavy atom. The van der Waals surface area contributed by atoms with Crippen LogP contribution in [0.3, 0.4) is 0 Å². The molecule has 1 aromatic carbocycles. The SMILES string of the molecule is Cc1c([C@H]2OCC[C@@H]2NC/C=C/c2ccc(F)cc2)cnn1C. The number of rotatable bonds is 5. The minimum Gasteiger partial charge on any atom is -0.372 e. The van der Waals surface area contributed by atoms with Gasteiger partial charge in [0.05, 0.1) is 6.20 Å². The summed E-state index contributed by atoms with van der Waals surface area (Å²) in [7, 11) is 1.95. The fourth-order valence-electron chi connectivity index (χ4n) is 2.89.